The molecule has 3 rings (SSSR count). The van der Waals surface area contributed by atoms with E-state index < -0.39 is 0 Å². The number of nitrogens with zero attached hydrogens (tertiary/aromatic N) is 2. The highest BCUT2D eigenvalue weighted by molar-refractivity contribution is 14.1. The minimum absolute atomic E-state index is 0.750. The molecule has 4 heteroatoms. The third-order valence-electron chi connectivity index (χ3n) is 2.95. The van der Waals surface area contributed by atoms with Crippen LogP contribution in [0.3, 0.4) is 0 Å². The summed E-state index contributed by atoms with van der Waals surface area (Å²) in [5.41, 5.74) is 1.23. The Morgan fingerprint density at radius 3 is 2.32 bits per heavy atom. The molecule has 1 heterocycles. The summed E-state index contributed by atoms with van der Waals surface area (Å²) in [7, 11) is 0. The molecule has 19 heavy (non-hydrogen) atoms. The van der Waals surface area contributed by atoms with Crippen LogP contribution in [-0.4, -0.2) is 10.2 Å². The van der Waals surface area contributed by atoms with Gasteiger partial charge in [0.05, 0.1) is 0 Å². The number of hydrogen-bond acceptors (Lipinski definition) is 3. The maximum absolute atomic E-state index is 4.25. The predicted octanol–water partition coefficient (Wildman–Crippen LogP) is 3.85. The van der Waals surface area contributed by atoms with Crippen molar-refractivity contribution in [2.45, 2.75) is 6.54 Å². The molecule has 3 nitrogen and oxygen atoms in total. The normalized spacial score (nSPS) is 10.6. The molecule has 0 saturated carbocycles. The van der Waals surface area contributed by atoms with E-state index in [1.807, 2.05) is 30.3 Å². The van der Waals surface area contributed by atoms with Crippen LogP contribution in [0.25, 0.3) is 10.8 Å². The van der Waals surface area contributed by atoms with Crippen LogP contribution in [0.4, 0.5) is 5.82 Å². The van der Waals surface area contributed by atoms with E-state index in [-0.39, 0.29) is 0 Å². The maximum atomic E-state index is 4.25. The summed E-state index contributed by atoms with van der Waals surface area (Å²) in [6, 6.07) is 18.5. The van der Waals surface area contributed by atoms with E-state index in [9.17, 15) is 0 Å². The first kappa shape index (κ1) is 12.3. The van der Waals surface area contributed by atoms with Crippen LogP contribution in [0.15, 0.2) is 54.6 Å². The number of benzene rings is 2. The lowest BCUT2D eigenvalue weighted by molar-refractivity contribution is 0.998. The Morgan fingerprint density at radius 2 is 1.53 bits per heavy atom. The summed E-state index contributed by atoms with van der Waals surface area (Å²) in [5, 5.41) is 14.0. The van der Waals surface area contributed by atoms with Gasteiger partial charge in [-0.3, -0.25) is 0 Å². The lowest BCUT2D eigenvalue weighted by Gasteiger charge is -2.08. The molecule has 0 aliphatic rings. The highest BCUT2D eigenvalue weighted by Gasteiger charge is 2.06. The van der Waals surface area contributed by atoms with Gasteiger partial charge in [-0.15, -0.1) is 10.2 Å². The summed E-state index contributed by atoms with van der Waals surface area (Å²) in [4.78, 5) is 0. The van der Waals surface area contributed by atoms with E-state index in [2.05, 4.69) is 62.4 Å². The van der Waals surface area contributed by atoms with Crippen molar-refractivity contribution in [1.82, 2.24) is 10.2 Å². The molecule has 94 valence electrons. The van der Waals surface area contributed by atoms with E-state index in [1.54, 1.807) is 0 Å². The molecule has 1 N–H and O–H groups in total. The Morgan fingerprint density at radius 1 is 0.842 bits per heavy atom. The van der Waals surface area contributed by atoms with Gasteiger partial charge in [0.2, 0.25) is 0 Å². The van der Waals surface area contributed by atoms with Crippen LogP contribution in [0.5, 0.6) is 0 Å². The zero-order valence-corrected chi connectivity index (χ0v) is 12.3. The molecule has 0 fully saturated rings. The van der Waals surface area contributed by atoms with E-state index in [1.165, 1.54) is 5.56 Å². The maximum Gasteiger partial charge on any atom is 0.156 e. The van der Waals surface area contributed by atoms with Crippen molar-refractivity contribution < 1.29 is 0 Å². The molecule has 0 unspecified atom stereocenters. The zero-order valence-electron chi connectivity index (χ0n) is 10.2. The summed E-state index contributed by atoms with van der Waals surface area (Å²) < 4.78 is 0.929. The molecule has 0 atom stereocenters. The number of aromatic nitrogens is 2. The Labute approximate surface area is 125 Å². The lowest BCUT2D eigenvalue weighted by Crippen LogP contribution is -2.04. The fourth-order valence-corrected chi connectivity index (χ4v) is 2.56. The fraction of sp³-hybridized carbons (Fsp3) is 0.0667. The second-order valence-electron chi connectivity index (χ2n) is 4.22. The van der Waals surface area contributed by atoms with Crippen molar-refractivity contribution in [2.24, 2.45) is 0 Å². The topological polar surface area (TPSA) is 37.8 Å². The third-order valence-corrected chi connectivity index (χ3v) is 3.74. The van der Waals surface area contributed by atoms with Gasteiger partial charge in [-0.25, -0.2) is 0 Å². The Kier molecular flexibility index (Phi) is 3.59. The van der Waals surface area contributed by atoms with Crippen LogP contribution in [-0.2, 0) is 6.54 Å². The molecule has 1 aromatic heterocycles. The molecule has 2 aromatic carbocycles. The number of halogens is 1. The first-order chi connectivity index (χ1) is 9.34. The van der Waals surface area contributed by atoms with Crippen molar-refractivity contribution in [1.29, 1.82) is 0 Å². The number of rotatable bonds is 3. The van der Waals surface area contributed by atoms with Gasteiger partial charge in [0.15, 0.2) is 5.82 Å². The average molecular weight is 361 g/mol. The van der Waals surface area contributed by atoms with Gasteiger partial charge in [-0.2, -0.15) is 0 Å². The largest absolute Gasteiger partial charge is 0.364 e. The summed E-state index contributed by atoms with van der Waals surface area (Å²) in [6.07, 6.45) is 0. The second kappa shape index (κ2) is 5.52. The SMILES string of the molecule is Ic1nnc(NCc2ccccc2)c2ccccc12. The van der Waals surface area contributed by atoms with Crippen molar-refractivity contribution in [3.63, 3.8) is 0 Å². The summed E-state index contributed by atoms with van der Waals surface area (Å²) >= 11 is 2.21. The molecule has 0 saturated heterocycles. The molecule has 0 aliphatic heterocycles. The van der Waals surface area contributed by atoms with E-state index in [0.717, 1.165) is 26.8 Å². The third kappa shape index (κ3) is 2.68. The van der Waals surface area contributed by atoms with Crippen LogP contribution in [0.1, 0.15) is 5.56 Å². The van der Waals surface area contributed by atoms with Gasteiger partial charge >= 0.3 is 0 Å². The van der Waals surface area contributed by atoms with E-state index in [4.69, 9.17) is 0 Å². The highest BCUT2D eigenvalue weighted by Crippen LogP contribution is 2.23. The Hall–Kier alpha value is -1.69. The van der Waals surface area contributed by atoms with Gasteiger partial charge < -0.3 is 5.32 Å². The smallest absolute Gasteiger partial charge is 0.156 e. The number of fused-ring (bicyclic) bond motifs is 1. The summed E-state index contributed by atoms with van der Waals surface area (Å²) in [6.45, 7) is 0.750. The minimum atomic E-state index is 0.750. The fourth-order valence-electron chi connectivity index (χ4n) is 1.98. The van der Waals surface area contributed by atoms with Gasteiger partial charge in [-0.1, -0.05) is 54.6 Å². The Bertz CT molecular complexity index is 698. The molecule has 0 radical (unpaired) electrons. The minimum Gasteiger partial charge on any atom is -0.364 e. The monoisotopic (exact) mass is 361 g/mol. The second-order valence-corrected chi connectivity index (χ2v) is 5.25. The van der Waals surface area contributed by atoms with Crippen LogP contribution in [0.2, 0.25) is 0 Å². The molecular formula is C15H12IN3. The van der Waals surface area contributed by atoms with Gasteiger partial charge in [0, 0.05) is 17.3 Å². The van der Waals surface area contributed by atoms with Crippen LogP contribution < -0.4 is 5.32 Å². The zero-order chi connectivity index (χ0) is 13.1. The van der Waals surface area contributed by atoms with Crippen molar-refractivity contribution in [3.05, 3.63) is 63.9 Å². The molecular weight excluding hydrogens is 349 g/mol. The highest BCUT2D eigenvalue weighted by atomic mass is 127. The first-order valence-electron chi connectivity index (χ1n) is 6.03. The quantitative estimate of drug-likeness (QED) is 0.721. The van der Waals surface area contributed by atoms with E-state index in [0.29, 0.717) is 0 Å². The Balaban J connectivity index is 1.91. The van der Waals surface area contributed by atoms with Crippen molar-refractivity contribution in [2.75, 3.05) is 5.32 Å². The van der Waals surface area contributed by atoms with Gasteiger partial charge in [-0.05, 0) is 28.2 Å². The number of anilines is 1. The summed E-state index contributed by atoms with van der Waals surface area (Å²) in [5.74, 6) is 0.833. The standard InChI is InChI=1S/C15H12IN3/c16-14-12-8-4-5-9-13(12)15(19-18-14)17-10-11-6-2-1-3-7-11/h1-9H,10H2,(H,17,19). The van der Waals surface area contributed by atoms with E-state index >= 15 is 0 Å². The van der Waals surface area contributed by atoms with Gasteiger partial charge in [0.1, 0.15) is 3.70 Å². The number of hydrogen-bond donors (Lipinski definition) is 1. The molecule has 0 bridgehead atoms. The van der Waals surface area contributed by atoms with Gasteiger partial charge in [0.25, 0.3) is 0 Å². The molecule has 0 spiro atoms. The average Bonchev–Trinajstić information content (AvgIpc) is 2.48. The molecule has 0 aliphatic carbocycles. The molecule has 3 aromatic rings. The lowest BCUT2D eigenvalue weighted by atomic mass is 10.2. The molecule has 0 amide bonds. The first-order valence-corrected chi connectivity index (χ1v) is 7.11. The number of nitrogens with one attached hydrogen (secondary N) is 1. The van der Waals surface area contributed by atoms with Crippen molar-refractivity contribution >= 4 is 39.2 Å². The van der Waals surface area contributed by atoms with Crippen LogP contribution in [0, 0.1) is 3.70 Å². The van der Waals surface area contributed by atoms with Crippen LogP contribution >= 0.6 is 22.6 Å². The van der Waals surface area contributed by atoms with Crippen molar-refractivity contribution in [3.8, 4) is 0 Å². The predicted molar refractivity (Wildman–Crippen MR) is 86.0 cm³/mol.